The van der Waals surface area contributed by atoms with Gasteiger partial charge in [0.15, 0.2) is 11.5 Å². The summed E-state index contributed by atoms with van der Waals surface area (Å²) in [6, 6.07) is 1.69. The van der Waals surface area contributed by atoms with Gasteiger partial charge >= 0.3 is 5.97 Å². The molecule has 0 aromatic carbocycles. The number of carboxylic acid groups (broad SMARTS) is 1. The van der Waals surface area contributed by atoms with E-state index in [-0.39, 0.29) is 6.42 Å². The number of aromatic nitrogens is 2. The van der Waals surface area contributed by atoms with Crippen molar-refractivity contribution < 1.29 is 14.3 Å². The van der Waals surface area contributed by atoms with Crippen molar-refractivity contribution in [3.05, 3.63) is 23.8 Å². The van der Waals surface area contributed by atoms with Gasteiger partial charge in [0.2, 0.25) is 0 Å². The van der Waals surface area contributed by atoms with Gasteiger partial charge in [-0.1, -0.05) is 0 Å². The maximum absolute atomic E-state index is 10.5. The fourth-order valence-electron chi connectivity index (χ4n) is 1.29. The average molecular weight is 192 g/mol. The van der Waals surface area contributed by atoms with Crippen LogP contribution in [0.15, 0.2) is 16.7 Å². The number of oxazole rings is 1. The van der Waals surface area contributed by atoms with Gasteiger partial charge in [-0.05, 0) is 6.07 Å². The first-order chi connectivity index (χ1) is 6.66. The first-order valence-corrected chi connectivity index (χ1v) is 4.09. The molecule has 5 heteroatoms. The molecule has 0 spiro atoms. The molecule has 72 valence electrons. The van der Waals surface area contributed by atoms with E-state index in [9.17, 15) is 4.79 Å². The topological polar surface area (TPSA) is 76.2 Å². The summed E-state index contributed by atoms with van der Waals surface area (Å²) in [4.78, 5) is 18.5. The van der Waals surface area contributed by atoms with Crippen LogP contribution in [0.4, 0.5) is 0 Å². The van der Waals surface area contributed by atoms with Crippen LogP contribution in [0.1, 0.15) is 11.6 Å². The van der Waals surface area contributed by atoms with Gasteiger partial charge in [-0.3, -0.25) is 9.78 Å². The van der Waals surface area contributed by atoms with E-state index in [1.807, 2.05) is 0 Å². The molecule has 0 saturated carbocycles. The van der Waals surface area contributed by atoms with Crippen LogP contribution in [-0.2, 0) is 11.2 Å². The van der Waals surface area contributed by atoms with Gasteiger partial charge in [0, 0.05) is 13.1 Å². The van der Waals surface area contributed by atoms with E-state index in [0.29, 0.717) is 22.7 Å². The molecule has 0 saturated heterocycles. The predicted molar refractivity (Wildman–Crippen MR) is 47.9 cm³/mol. The molecule has 2 aromatic heterocycles. The molecule has 0 aliphatic carbocycles. The molecule has 0 amide bonds. The lowest BCUT2D eigenvalue weighted by molar-refractivity contribution is -0.136. The molecule has 2 aromatic rings. The SMILES string of the molecule is Cc1nc2ccnc(CC(=O)O)c2o1. The fourth-order valence-corrected chi connectivity index (χ4v) is 1.29. The van der Waals surface area contributed by atoms with Gasteiger partial charge in [-0.25, -0.2) is 4.98 Å². The van der Waals surface area contributed by atoms with E-state index < -0.39 is 5.97 Å². The smallest absolute Gasteiger partial charge is 0.309 e. The molecule has 2 rings (SSSR count). The zero-order chi connectivity index (χ0) is 10.1. The Bertz CT molecular complexity index is 490. The Labute approximate surface area is 79.4 Å². The number of aliphatic carboxylic acids is 1. The number of hydrogen-bond donors (Lipinski definition) is 1. The van der Waals surface area contributed by atoms with Gasteiger partial charge in [0.05, 0.1) is 12.1 Å². The van der Waals surface area contributed by atoms with Gasteiger partial charge in [-0.2, -0.15) is 0 Å². The van der Waals surface area contributed by atoms with Crippen molar-refractivity contribution in [3.8, 4) is 0 Å². The normalized spacial score (nSPS) is 10.6. The number of carbonyl (C=O) groups is 1. The molecule has 0 atom stereocenters. The first kappa shape index (κ1) is 8.68. The molecule has 0 fully saturated rings. The Hall–Kier alpha value is -1.91. The molecule has 5 nitrogen and oxygen atoms in total. The molecule has 2 heterocycles. The van der Waals surface area contributed by atoms with Crippen molar-refractivity contribution in [2.75, 3.05) is 0 Å². The van der Waals surface area contributed by atoms with Gasteiger partial charge < -0.3 is 9.52 Å². The van der Waals surface area contributed by atoms with Crippen molar-refractivity contribution in [2.45, 2.75) is 13.3 Å². The summed E-state index contributed by atoms with van der Waals surface area (Å²) < 4.78 is 5.26. The summed E-state index contributed by atoms with van der Waals surface area (Å²) in [5.74, 6) is -0.418. The number of hydrogen-bond acceptors (Lipinski definition) is 4. The maximum Gasteiger partial charge on any atom is 0.309 e. The van der Waals surface area contributed by atoms with Crippen molar-refractivity contribution in [1.82, 2.24) is 9.97 Å². The van der Waals surface area contributed by atoms with Crippen LogP contribution in [0.3, 0.4) is 0 Å². The summed E-state index contributed by atoms with van der Waals surface area (Å²) in [7, 11) is 0. The van der Waals surface area contributed by atoms with Crippen molar-refractivity contribution >= 4 is 17.1 Å². The van der Waals surface area contributed by atoms with E-state index in [1.165, 1.54) is 6.20 Å². The van der Waals surface area contributed by atoms with Gasteiger partial charge in [0.25, 0.3) is 0 Å². The second kappa shape index (κ2) is 3.10. The average Bonchev–Trinajstić information content (AvgIpc) is 2.45. The fraction of sp³-hybridized carbons (Fsp3) is 0.222. The van der Waals surface area contributed by atoms with Gasteiger partial charge in [-0.15, -0.1) is 0 Å². The lowest BCUT2D eigenvalue weighted by Crippen LogP contribution is -2.02. The molecule has 0 aliphatic heterocycles. The molecule has 0 aliphatic rings. The summed E-state index contributed by atoms with van der Waals surface area (Å²) in [5, 5.41) is 8.63. The van der Waals surface area contributed by atoms with Crippen LogP contribution >= 0.6 is 0 Å². The zero-order valence-corrected chi connectivity index (χ0v) is 7.52. The van der Waals surface area contributed by atoms with Crippen molar-refractivity contribution in [1.29, 1.82) is 0 Å². The predicted octanol–water partition coefficient (Wildman–Crippen LogP) is 1.16. The van der Waals surface area contributed by atoms with Crippen LogP contribution < -0.4 is 0 Å². The molecule has 0 bridgehead atoms. The number of nitrogens with zero attached hydrogens (tertiary/aromatic N) is 2. The summed E-state index contributed by atoms with van der Waals surface area (Å²) in [5.41, 5.74) is 1.52. The largest absolute Gasteiger partial charge is 0.481 e. The van der Waals surface area contributed by atoms with Crippen LogP contribution in [0.2, 0.25) is 0 Å². The molecule has 0 radical (unpaired) electrons. The highest BCUT2D eigenvalue weighted by Gasteiger charge is 2.11. The summed E-state index contributed by atoms with van der Waals surface area (Å²) in [6.07, 6.45) is 1.38. The Balaban J connectivity index is 2.58. The minimum absolute atomic E-state index is 0.147. The first-order valence-electron chi connectivity index (χ1n) is 4.09. The quantitative estimate of drug-likeness (QED) is 0.772. The lowest BCUT2D eigenvalue weighted by Gasteiger charge is -1.94. The van der Waals surface area contributed by atoms with E-state index in [2.05, 4.69) is 9.97 Å². The van der Waals surface area contributed by atoms with E-state index in [4.69, 9.17) is 9.52 Å². The Morgan fingerprint density at radius 2 is 2.43 bits per heavy atom. The second-order valence-electron chi connectivity index (χ2n) is 2.91. The van der Waals surface area contributed by atoms with E-state index in [0.717, 1.165) is 0 Å². The third kappa shape index (κ3) is 1.44. The Kier molecular flexibility index (Phi) is 1.92. The molecule has 0 unspecified atom stereocenters. The number of fused-ring (bicyclic) bond motifs is 1. The lowest BCUT2D eigenvalue weighted by atomic mass is 10.2. The number of rotatable bonds is 2. The standard InChI is InChI=1S/C9H8N2O3/c1-5-11-6-2-3-10-7(4-8(12)13)9(6)14-5/h2-3H,4H2,1H3,(H,12,13). The van der Waals surface area contributed by atoms with Crippen LogP contribution in [0.25, 0.3) is 11.1 Å². The third-order valence-corrected chi connectivity index (χ3v) is 1.80. The molecule has 14 heavy (non-hydrogen) atoms. The summed E-state index contributed by atoms with van der Waals surface area (Å²) in [6.45, 7) is 1.71. The highest BCUT2D eigenvalue weighted by Crippen LogP contribution is 2.17. The maximum atomic E-state index is 10.5. The monoisotopic (exact) mass is 192 g/mol. The van der Waals surface area contributed by atoms with Crippen LogP contribution in [0, 0.1) is 6.92 Å². The summed E-state index contributed by atoms with van der Waals surface area (Å²) >= 11 is 0. The Morgan fingerprint density at radius 3 is 3.14 bits per heavy atom. The minimum Gasteiger partial charge on any atom is -0.481 e. The zero-order valence-electron chi connectivity index (χ0n) is 7.52. The van der Waals surface area contributed by atoms with Crippen LogP contribution in [-0.4, -0.2) is 21.0 Å². The number of pyridine rings is 1. The molecule has 1 N–H and O–H groups in total. The van der Waals surface area contributed by atoms with Crippen LogP contribution in [0.5, 0.6) is 0 Å². The molecular weight excluding hydrogens is 184 g/mol. The number of carboxylic acids is 1. The molecular formula is C9H8N2O3. The van der Waals surface area contributed by atoms with Gasteiger partial charge in [0.1, 0.15) is 5.52 Å². The van der Waals surface area contributed by atoms with Crippen molar-refractivity contribution in [3.63, 3.8) is 0 Å². The third-order valence-electron chi connectivity index (χ3n) is 1.80. The van der Waals surface area contributed by atoms with E-state index >= 15 is 0 Å². The van der Waals surface area contributed by atoms with Crippen molar-refractivity contribution in [2.24, 2.45) is 0 Å². The minimum atomic E-state index is -0.931. The Morgan fingerprint density at radius 1 is 1.64 bits per heavy atom. The highest BCUT2D eigenvalue weighted by atomic mass is 16.4. The number of aryl methyl sites for hydroxylation is 1. The second-order valence-corrected chi connectivity index (χ2v) is 2.91. The highest BCUT2D eigenvalue weighted by molar-refractivity contribution is 5.80. The van der Waals surface area contributed by atoms with E-state index in [1.54, 1.807) is 13.0 Å².